The van der Waals surface area contributed by atoms with E-state index in [1.807, 2.05) is 13.1 Å². The summed E-state index contributed by atoms with van der Waals surface area (Å²) in [5.41, 5.74) is 1.29. The van der Waals surface area contributed by atoms with Gasteiger partial charge in [0.2, 0.25) is 0 Å². The molecule has 0 aliphatic heterocycles. The molecule has 16 heavy (non-hydrogen) atoms. The van der Waals surface area contributed by atoms with Crippen LogP contribution in [-0.4, -0.2) is 20.3 Å². The molecule has 0 bridgehead atoms. The van der Waals surface area contributed by atoms with Gasteiger partial charge in [-0.15, -0.1) is 0 Å². The molecule has 0 heterocycles. The summed E-state index contributed by atoms with van der Waals surface area (Å²) in [4.78, 5) is 0. The van der Waals surface area contributed by atoms with Gasteiger partial charge in [0.1, 0.15) is 0 Å². The number of benzene rings is 1. The minimum absolute atomic E-state index is 0.299. The maximum absolute atomic E-state index is 5.69. The Hall–Kier alpha value is -0.860. The van der Waals surface area contributed by atoms with Crippen LogP contribution in [0.2, 0.25) is 0 Å². The summed E-state index contributed by atoms with van der Waals surface area (Å²) in [5.74, 6) is 0.713. The molecule has 0 saturated carbocycles. The van der Waals surface area contributed by atoms with E-state index < -0.39 is 0 Å². The molecule has 0 aromatic heterocycles. The minimum Gasteiger partial charge on any atom is -0.379 e. The number of hydrogen-bond donors (Lipinski definition) is 1. The van der Waals surface area contributed by atoms with Crippen LogP contribution in [0, 0.1) is 5.92 Å². The highest BCUT2D eigenvalue weighted by Crippen LogP contribution is 2.12. The molecule has 1 aromatic carbocycles. The zero-order valence-corrected chi connectivity index (χ0v) is 10.6. The second kappa shape index (κ2) is 7.42. The molecular weight excluding hydrogens is 198 g/mol. The number of nitrogens with one attached hydrogen (secondary N) is 1. The van der Waals surface area contributed by atoms with Crippen molar-refractivity contribution >= 4 is 0 Å². The standard InChI is InChI=1S/C14H23NO/c1-12(2)9-10-16-11-14(15-3)13-7-5-4-6-8-13/h4-8,12,14-15H,9-11H2,1-3H3. The van der Waals surface area contributed by atoms with Crippen LogP contribution in [-0.2, 0) is 4.74 Å². The lowest BCUT2D eigenvalue weighted by molar-refractivity contribution is 0.104. The van der Waals surface area contributed by atoms with E-state index in [1.54, 1.807) is 0 Å². The second-order valence-electron chi connectivity index (χ2n) is 4.51. The zero-order valence-electron chi connectivity index (χ0n) is 10.6. The summed E-state index contributed by atoms with van der Waals surface area (Å²) in [5, 5.41) is 3.28. The van der Waals surface area contributed by atoms with Crippen LogP contribution in [0.25, 0.3) is 0 Å². The summed E-state index contributed by atoms with van der Waals surface area (Å²) in [6.07, 6.45) is 1.13. The largest absolute Gasteiger partial charge is 0.379 e. The van der Waals surface area contributed by atoms with Crippen LogP contribution in [0.4, 0.5) is 0 Å². The van der Waals surface area contributed by atoms with Gasteiger partial charge in [-0.05, 0) is 24.9 Å². The number of likely N-dealkylation sites (N-methyl/N-ethyl adjacent to an activating group) is 1. The summed E-state index contributed by atoms with van der Waals surface area (Å²) >= 11 is 0. The molecule has 2 heteroatoms. The monoisotopic (exact) mass is 221 g/mol. The summed E-state index contributed by atoms with van der Waals surface area (Å²) in [6, 6.07) is 10.7. The molecule has 1 atom stereocenters. The third-order valence-corrected chi connectivity index (χ3v) is 2.67. The number of hydrogen-bond acceptors (Lipinski definition) is 2. The van der Waals surface area contributed by atoms with Gasteiger partial charge >= 0.3 is 0 Å². The molecule has 0 amide bonds. The maximum Gasteiger partial charge on any atom is 0.0661 e. The van der Waals surface area contributed by atoms with Crippen LogP contribution < -0.4 is 5.32 Å². The summed E-state index contributed by atoms with van der Waals surface area (Å²) in [6.45, 7) is 6.03. The smallest absolute Gasteiger partial charge is 0.0661 e. The van der Waals surface area contributed by atoms with Crippen LogP contribution >= 0.6 is 0 Å². The van der Waals surface area contributed by atoms with E-state index in [0.29, 0.717) is 12.0 Å². The fourth-order valence-corrected chi connectivity index (χ4v) is 1.55. The molecular formula is C14H23NO. The fourth-order valence-electron chi connectivity index (χ4n) is 1.55. The van der Waals surface area contributed by atoms with E-state index in [1.165, 1.54) is 5.56 Å². The lowest BCUT2D eigenvalue weighted by Gasteiger charge is -2.17. The number of rotatable bonds is 7. The van der Waals surface area contributed by atoms with Crippen molar-refractivity contribution < 1.29 is 4.74 Å². The van der Waals surface area contributed by atoms with Gasteiger partial charge in [0.25, 0.3) is 0 Å². The van der Waals surface area contributed by atoms with Gasteiger partial charge in [-0.25, -0.2) is 0 Å². The van der Waals surface area contributed by atoms with Gasteiger partial charge in [-0.2, -0.15) is 0 Å². The first-order valence-corrected chi connectivity index (χ1v) is 6.04. The minimum atomic E-state index is 0.299. The van der Waals surface area contributed by atoms with Crippen molar-refractivity contribution in [1.82, 2.24) is 5.32 Å². The van der Waals surface area contributed by atoms with Crippen molar-refractivity contribution in [2.45, 2.75) is 26.3 Å². The molecule has 2 nitrogen and oxygen atoms in total. The summed E-state index contributed by atoms with van der Waals surface area (Å²) < 4.78 is 5.69. The quantitative estimate of drug-likeness (QED) is 0.715. The van der Waals surface area contributed by atoms with E-state index in [4.69, 9.17) is 4.74 Å². The van der Waals surface area contributed by atoms with Crippen LogP contribution in [0.5, 0.6) is 0 Å². The first-order valence-electron chi connectivity index (χ1n) is 6.04. The molecule has 1 N–H and O–H groups in total. The van der Waals surface area contributed by atoms with E-state index in [9.17, 15) is 0 Å². The van der Waals surface area contributed by atoms with Gasteiger partial charge < -0.3 is 10.1 Å². The Kier molecular flexibility index (Phi) is 6.12. The van der Waals surface area contributed by atoms with Crippen molar-refractivity contribution in [3.8, 4) is 0 Å². The Morgan fingerprint density at radius 2 is 1.88 bits per heavy atom. The van der Waals surface area contributed by atoms with E-state index >= 15 is 0 Å². The SMILES string of the molecule is CNC(COCCC(C)C)c1ccccc1. The highest BCUT2D eigenvalue weighted by molar-refractivity contribution is 5.18. The Labute approximate surface area is 99.0 Å². The molecule has 1 unspecified atom stereocenters. The van der Waals surface area contributed by atoms with Crippen LogP contribution in [0.1, 0.15) is 31.9 Å². The first-order chi connectivity index (χ1) is 7.74. The van der Waals surface area contributed by atoms with Crippen molar-refractivity contribution in [3.05, 3.63) is 35.9 Å². The Morgan fingerprint density at radius 3 is 2.44 bits per heavy atom. The normalized spacial score (nSPS) is 13.0. The number of ether oxygens (including phenoxy) is 1. The average Bonchev–Trinajstić information content (AvgIpc) is 2.30. The Morgan fingerprint density at radius 1 is 1.19 bits per heavy atom. The van der Waals surface area contributed by atoms with Gasteiger partial charge in [-0.3, -0.25) is 0 Å². The van der Waals surface area contributed by atoms with E-state index in [0.717, 1.165) is 19.6 Å². The molecule has 0 aliphatic rings. The van der Waals surface area contributed by atoms with Crippen molar-refractivity contribution in [2.75, 3.05) is 20.3 Å². The molecule has 0 radical (unpaired) electrons. The molecule has 0 spiro atoms. The van der Waals surface area contributed by atoms with Gasteiger partial charge in [0, 0.05) is 6.61 Å². The van der Waals surface area contributed by atoms with E-state index in [-0.39, 0.29) is 0 Å². The van der Waals surface area contributed by atoms with E-state index in [2.05, 4.69) is 43.4 Å². The summed E-state index contributed by atoms with van der Waals surface area (Å²) in [7, 11) is 1.98. The average molecular weight is 221 g/mol. The van der Waals surface area contributed by atoms with Crippen LogP contribution in [0.15, 0.2) is 30.3 Å². The molecule has 90 valence electrons. The maximum atomic E-state index is 5.69. The predicted molar refractivity (Wildman–Crippen MR) is 68.5 cm³/mol. The highest BCUT2D eigenvalue weighted by atomic mass is 16.5. The molecule has 0 aliphatic carbocycles. The third-order valence-electron chi connectivity index (χ3n) is 2.67. The van der Waals surface area contributed by atoms with Crippen molar-refractivity contribution in [1.29, 1.82) is 0 Å². The Bertz CT molecular complexity index is 271. The molecule has 1 aromatic rings. The van der Waals surface area contributed by atoms with Gasteiger partial charge in [0.05, 0.1) is 12.6 Å². The van der Waals surface area contributed by atoms with Gasteiger partial charge in [-0.1, -0.05) is 44.2 Å². The van der Waals surface area contributed by atoms with Crippen LogP contribution in [0.3, 0.4) is 0 Å². The third kappa shape index (κ3) is 4.77. The lowest BCUT2D eigenvalue weighted by Crippen LogP contribution is -2.22. The molecule has 0 saturated heterocycles. The molecule has 0 fully saturated rings. The second-order valence-corrected chi connectivity index (χ2v) is 4.51. The van der Waals surface area contributed by atoms with Crippen molar-refractivity contribution in [3.63, 3.8) is 0 Å². The molecule has 1 rings (SSSR count). The van der Waals surface area contributed by atoms with Gasteiger partial charge in [0.15, 0.2) is 0 Å². The fraction of sp³-hybridized carbons (Fsp3) is 0.571. The highest BCUT2D eigenvalue weighted by Gasteiger charge is 2.08. The lowest BCUT2D eigenvalue weighted by atomic mass is 10.1. The Balaban J connectivity index is 2.33. The predicted octanol–water partition coefficient (Wildman–Crippen LogP) is 3.01. The first kappa shape index (κ1) is 13.2. The zero-order chi connectivity index (χ0) is 11.8. The topological polar surface area (TPSA) is 21.3 Å². The van der Waals surface area contributed by atoms with Crippen molar-refractivity contribution in [2.24, 2.45) is 5.92 Å².